The average Bonchev–Trinajstić information content (AvgIpc) is 1.81. The first-order valence-corrected chi connectivity index (χ1v) is 2.73. The molecular formula is C5H11FO2. The van der Waals surface area contributed by atoms with E-state index in [1.807, 2.05) is 6.92 Å². The molecule has 0 aromatic heterocycles. The Morgan fingerprint density at radius 2 is 2.00 bits per heavy atom. The first kappa shape index (κ1) is 7.85. The van der Waals surface area contributed by atoms with Crippen molar-refractivity contribution in [3.8, 4) is 0 Å². The molecule has 3 heteroatoms. The Labute approximate surface area is 48.5 Å². The summed E-state index contributed by atoms with van der Waals surface area (Å²) < 4.78 is 15.7. The van der Waals surface area contributed by atoms with Crippen LogP contribution in [0.3, 0.4) is 0 Å². The van der Waals surface area contributed by atoms with Crippen molar-refractivity contribution in [3.63, 3.8) is 0 Å². The second-order valence-electron chi connectivity index (χ2n) is 1.43. The Morgan fingerprint density at radius 1 is 1.25 bits per heavy atom. The van der Waals surface area contributed by atoms with Gasteiger partial charge in [0.05, 0.1) is 6.61 Å². The van der Waals surface area contributed by atoms with Gasteiger partial charge in [0.15, 0.2) is 0 Å². The van der Waals surface area contributed by atoms with E-state index in [9.17, 15) is 4.53 Å². The van der Waals surface area contributed by atoms with Gasteiger partial charge in [0.1, 0.15) is 6.61 Å². The summed E-state index contributed by atoms with van der Waals surface area (Å²) in [6.45, 7) is 3.07. The lowest BCUT2D eigenvalue weighted by Crippen LogP contribution is -2.00. The fourth-order valence-corrected chi connectivity index (χ4v) is 0.337. The van der Waals surface area contributed by atoms with Crippen LogP contribution in [0.4, 0.5) is 4.53 Å². The van der Waals surface area contributed by atoms with Crippen LogP contribution in [0.5, 0.6) is 0 Å². The van der Waals surface area contributed by atoms with Crippen LogP contribution < -0.4 is 0 Å². The molecular weight excluding hydrogens is 111 g/mol. The van der Waals surface area contributed by atoms with Gasteiger partial charge in [0.2, 0.25) is 0 Å². The van der Waals surface area contributed by atoms with Crippen molar-refractivity contribution in [1.29, 1.82) is 0 Å². The molecule has 0 amide bonds. The minimum absolute atomic E-state index is 0.0417. The lowest BCUT2D eigenvalue weighted by atomic mass is 10.5. The maximum Gasteiger partial charge on any atom is 0.111 e. The highest BCUT2D eigenvalue weighted by Gasteiger charge is 1.83. The molecule has 0 saturated heterocycles. The monoisotopic (exact) mass is 122 g/mol. The lowest BCUT2D eigenvalue weighted by Gasteiger charge is -1.96. The summed E-state index contributed by atoms with van der Waals surface area (Å²) in [6, 6.07) is 0. The molecule has 0 aliphatic heterocycles. The lowest BCUT2D eigenvalue weighted by molar-refractivity contribution is -0.146. The van der Waals surface area contributed by atoms with Crippen molar-refractivity contribution in [2.75, 3.05) is 19.8 Å². The topological polar surface area (TPSA) is 18.5 Å². The molecule has 0 rings (SSSR count). The van der Waals surface area contributed by atoms with E-state index in [1.165, 1.54) is 0 Å². The molecule has 0 spiro atoms. The van der Waals surface area contributed by atoms with Gasteiger partial charge >= 0.3 is 0 Å². The SMILES string of the molecule is CCCOCCOF. The van der Waals surface area contributed by atoms with E-state index in [0.29, 0.717) is 13.2 Å². The summed E-state index contributed by atoms with van der Waals surface area (Å²) in [5, 5.41) is 0. The molecule has 8 heavy (non-hydrogen) atoms. The number of hydrogen-bond acceptors (Lipinski definition) is 2. The van der Waals surface area contributed by atoms with Gasteiger partial charge in [-0.05, 0) is 10.9 Å². The van der Waals surface area contributed by atoms with Crippen LogP contribution in [0, 0.1) is 0 Å². The number of ether oxygens (including phenoxy) is 1. The fraction of sp³-hybridized carbons (Fsp3) is 1.00. The third-order valence-electron chi connectivity index (χ3n) is 0.653. The van der Waals surface area contributed by atoms with E-state index < -0.39 is 0 Å². The standard InChI is InChI=1S/C5H11FO2/c1-2-3-7-4-5-8-6/h2-5H2,1H3. The third kappa shape index (κ3) is 5.85. The van der Waals surface area contributed by atoms with Crippen LogP contribution >= 0.6 is 0 Å². The van der Waals surface area contributed by atoms with E-state index in [0.717, 1.165) is 6.42 Å². The smallest absolute Gasteiger partial charge is 0.111 e. The summed E-state index contributed by atoms with van der Waals surface area (Å²) in [5.74, 6) is 0. The molecule has 0 radical (unpaired) electrons. The molecule has 0 aliphatic rings. The molecule has 0 bridgehead atoms. The Balaban J connectivity index is 2.53. The normalized spacial score (nSPS) is 9.75. The summed E-state index contributed by atoms with van der Waals surface area (Å²) >= 11 is 0. The van der Waals surface area contributed by atoms with Crippen molar-refractivity contribution >= 4 is 0 Å². The van der Waals surface area contributed by atoms with Gasteiger partial charge in [0.25, 0.3) is 0 Å². The quantitative estimate of drug-likeness (QED) is 0.512. The van der Waals surface area contributed by atoms with Crippen LogP contribution in [-0.2, 0) is 9.68 Å². The largest absolute Gasteiger partial charge is 0.379 e. The molecule has 0 N–H and O–H groups in total. The maximum atomic E-state index is 10.8. The molecule has 2 nitrogen and oxygen atoms in total. The zero-order valence-corrected chi connectivity index (χ0v) is 5.02. The summed E-state index contributed by atoms with van der Waals surface area (Å²) in [7, 11) is 0. The van der Waals surface area contributed by atoms with E-state index >= 15 is 0 Å². The molecule has 0 saturated carbocycles. The molecule has 0 aromatic rings. The Bertz CT molecular complexity index is 35.4. The van der Waals surface area contributed by atoms with Crippen LogP contribution in [0.2, 0.25) is 0 Å². The first-order chi connectivity index (χ1) is 3.91. The highest BCUT2D eigenvalue weighted by Crippen LogP contribution is 1.80. The molecule has 0 atom stereocenters. The van der Waals surface area contributed by atoms with E-state index in [-0.39, 0.29) is 6.61 Å². The molecule has 0 unspecified atom stereocenters. The van der Waals surface area contributed by atoms with Crippen LogP contribution in [0.15, 0.2) is 0 Å². The number of hydrogen-bond donors (Lipinski definition) is 0. The highest BCUT2D eigenvalue weighted by molar-refractivity contribution is 4.25. The van der Waals surface area contributed by atoms with Gasteiger partial charge < -0.3 is 4.74 Å². The van der Waals surface area contributed by atoms with E-state index in [4.69, 9.17) is 4.74 Å². The Hall–Kier alpha value is -0.150. The molecule has 0 aliphatic carbocycles. The molecule has 0 fully saturated rings. The van der Waals surface area contributed by atoms with Gasteiger partial charge in [0, 0.05) is 6.61 Å². The first-order valence-electron chi connectivity index (χ1n) is 2.73. The van der Waals surface area contributed by atoms with Crippen LogP contribution in [0.1, 0.15) is 13.3 Å². The molecule has 0 heterocycles. The van der Waals surface area contributed by atoms with Gasteiger partial charge in [-0.3, -0.25) is 0 Å². The fourth-order valence-electron chi connectivity index (χ4n) is 0.337. The van der Waals surface area contributed by atoms with Crippen molar-refractivity contribution in [2.45, 2.75) is 13.3 Å². The van der Waals surface area contributed by atoms with Gasteiger partial charge in [-0.2, -0.15) is 4.94 Å². The Kier molecular flexibility index (Phi) is 6.72. The second kappa shape index (κ2) is 6.85. The van der Waals surface area contributed by atoms with Crippen LogP contribution in [-0.4, -0.2) is 19.8 Å². The van der Waals surface area contributed by atoms with Crippen molar-refractivity contribution in [1.82, 2.24) is 0 Å². The summed E-state index contributed by atoms with van der Waals surface area (Å²) in [4.78, 5) is 3.26. The Morgan fingerprint density at radius 3 is 2.50 bits per heavy atom. The maximum absolute atomic E-state index is 10.8. The zero-order valence-electron chi connectivity index (χ0n) is 5.02. The summed E-state index contributed by atoms with van der Waals surface area (Å²) in [6.07, 6.45) is 0.965. The highest BCUT2D eigenvalue weighted by atomic mass is 19.3. The van der Waals surface area contributed by atoms with Crippen molar-refractivity contribution in [2.24, 2.45) is 0 Å². The van der Waals surface area contributed by atoms with Gasteiger partial charge in [-0.15, -0.1) is 0 Å². The van der Waals surface area contributed by atoms with Crippen molar-refractivity contribution in [3.05, 3.63) is 0 Å². The zero-order chi connectivity index (χ0) is 6.24. The van der Waals surface area contributed by atoms with E-state index in [1.54, 1.807) is 0 Å². The summed E-state index contributed by atoms with van der Waals surface area (Å²) in [5.41, 5.74) is 0. The second-order valence-corrected chi connectivity index (χ2v) is 1.43. The number of rotatable bonds is 5. The van der Waals surface area contributed by atoms with Crippen molar-refractivity contribution < 1.29 is 14.2 Å². The predicted octanol–water partition coefficient (Wildman–Crippen LogP) is 1.31. The third-order valence-corrected chi connectivity index (χ3v) is 0.653. The molecule has 0 aromatic carbocycles. The minimum Gasteiger partial charge on any atom is -0.379 e. The minimum atomic E-state index is 0.0417. The number of halogens is 1. The van der Waals surface area contributed by atoms with Gasteiger partial charge in [-0.25, -0.2) is 0 Å². The van der Waals surface area contributed by atoms with E-state index in [2.05, 4.69) is 4.94 Å². The van der Waals surface area contributed by atoms with Gasteiger partial charge in [-0.1, -0.05) is 6.92 Å². The van der Waals surface area contributed by atoms with Crippen LogP contribution in [0.25, 0.3) is 0 Å². The average molecular weight is 122 g/mol. The molecule has 50 valence electrons. The predicted molar refractivity (Wildman–Crippen MR) is 28.2 cm³/mol.